The number of H-pyrrole nitrogens is 1. The van der Waals surface area contributed by atoms with Crippen molar-refractivity contribution in [2.45, 2.75) is 63.7 Å². The summed E-state index contributed by atoms with van der Waals surface area (Å²) in [5, 5.41) is 13.6. The van der Waals surface area contributed by atoms with Gasteiger partial charge in [-0.15, -0.1) is 0 Å². The first-order valence-electron chi connectivity index (χ1n) is 13.2. The monoisotopic (exact) mass is 588 g/mol. The lowest BCUT2D eigenvalue weighted by Crippen LogP contribution is -2.44. The molecular weight excluding hydrogens is 561 g/mol. The normalized spacial score (nSPS) is 17.4. The van der Waals surface area contributed by atoms with Crippen LogP contribution in [0.2, 0.25) is 5.02 Å². The third-order valence-electron chi connectivity index (χ3n) is 6.93. The van der Waals surface area contributed by atoms with Crippen LogP contribution in [0.4, 0.5) is 24.9 Å². The molecule has 11 nitrogen and oxygen atoms in total. The van der Waals surface area contributed by atoms with Crippen LogP contribution in [0, 0.1) is 0 Å². The second-order valence-corrected chi connectivity index (χ2v) is 10.3. The zero-order valence-electron chi connectivity index (χ0n) is 22.4. The van der Waals surface area contributed by atoms with Gasteiger partial charge in [0.25, 0.3) is 0 Å². The number of carbonyl (C=O) groups excluding carboxylic acids is 1. The van der Waals surface area contributed by atoms with Crippen molar-refractivity contribution in [3.8, 4) is 22.6 Å². The number of aryl methyl sites for hydroxylation is 1. The number of amides is 1. The fourth-order valence-electron chi connectivity index (χ4n) is 4.94. The van der Waals surface area contributed by atoms with Gasteiger partial charge in [0.1, 0.15) is 17.0 Å². The highest BCUT2D eigenvalue weighted by Crippen LogP contribution is 2.38. The third-order valence-corrected chi connectivity index (χ3v) is 7.21. The van der Waals surface area contributed by atoms with Crippen LogP contribution in [0.5, 0.6) is 0 Å². The average Bonchev–Trinajstić information content (AvgIpc) is 3.57. The van der Waals surface area contributed by atoms with Crippen LogP contribution in [-0.2, 0) is 18.0 Å². The molecule has 1 aliphatic rings. The zero-order valence-corrected chi connectivity index (χ0v) is 23.1. The van der Waals surface area contributed by atoms with E-state index >= 15 is 0 Å². The van der Waals surface area contributed by atoms with E-state index in [-0.39, 0.29) is 34.7 Å². The lowest BCUT2D eigenvalue weighted by molar-refractivity contribution is -0.137. The summed E-state index contributed by atoms with van der Waals surface area (Å²) in [6, 6.07) is -0.203. The van der Waals surface area contributed by atoms with E-state index in [2.05, 4.69) is 40.5 Å². The largest absolute Gasteiger partial charge is 0.420 e. The van der Waals surface area contributed by atoms with E-state index in [0.717, 1.165) is 11.8 Å². The summed E-state index contributed by atoms with van der Waals surface area (Å²) in [4.78, 5) is 32.0. The molecule has 0 aromatic carbocycles. The Labute approximate surface area is 238 Å². The molecule has 41 heavy (non-hydrogen) atoms. The van der Waals surface area contributed by atoms with Gasteiger partial charge in [-0.05, 0) is 32.1 Å². The number of rotatable bonds is 8. The Hall–Kier alpha value is -4.07. The van der Waals surface area contributed by atoms with Gasteiger partial charge in [0.15, 0.2) is 5.82 Å². The van der Waals surface area contributed by atoms with Crippen molar-refractivity contribution in [3.05, 3.63) is 47.8 Å². The highest BCUT2D eigenvalue weighted by atomic mass is 35.5. The predicted molar refractivity (Wildman–Crippen MR) is 146 cm³/mol. The summed E-state index contributed by atoms with van der Waals surface area (Å²) >= 11 is 6.04. The van der Waals surface area contributed by atoms with Crippen molar-refractivity contribution in [1.82, 2.24) is 39.9 Å². The van der Waals surface area contributed by atoms with Crippen LogP contribution in [0.25, 0.3) is 22.6 Å². The van der Waals surface area contributed by atoms with Crippen LogP contribution >= 0.6 is 11.6 Å². The average molecular weight is 589 g/mol. The highest BCUT2D eigenvalue weighted by Gasteiger charge is 2.37. The van der Waals surface area contributed by atoms with Gasteiger partial charge in [0.05, 0.1) is 29.3 Å². The Balaban J connectivity index is 1.30. The van der Waals surface area contributed by atoms with Crippen molar-refractivity contribution < 1.29 is 18.0 Å². The van der Waals surface area contributed by atoms with Gasteiger partial charge in [0, 0.05) is 49.7 Å². The lowest BCUT2D eigenvalue weighted by atomic mass is 9.90. The molecule has 0 radical (unpaired) electrons. The maximum atomic E-state index is 13.6. The fourth-order valence-corrected chi connectivity index (χ4v) is 5.12. The van der Waals surface area contributed by atoms with E-state index in [1.165, 1.54) is 6.20 Å². The number of carbonyl (C=O) groups is 1. The first-order valence-corrected chi connectivity index (χ1v) is 13.5. The molecular formula is C26H28ClF3N10O. The molecule has 5 rings (SSSR count). The minimum absolute atomic E-state index is 0.0223. The van der Waals surface area contributed by atoms with Gasteiger partial charge in [-0.2, -0.15) is 23.4 Å². The standard InChI is InChI=1S/C26H28ClF3N10O/c1-3-4-22(41)40(21-13-31-20(12-32-21)15-9-35-39(2)14-15)17-7-5-16(6-8-17)36-25-33-10-18(26(28,29)30)23(37-25)24-19(27)11-34-38-24/h9-14,16-17H,3-8H2,1-2H3,(H,34,38)(H,33,36,37)/t16-,17-. The minimum Gasteiger partial charge on any atom is -0.351 e. The highest BCUT2D eigenvalue weighted by molar-refractivity contribution is 6.32. The molecule has 1 amide bonds. The molecule has 4 aromatic heterocycles. The number of hydrogen-bond acceptors (Lipinski definition) is 8. The molecule has 0 saturated heterocycles. The Bertz CT molecular complexity index is 1500. The second kappa shape index (κ2) is 11.8. The van der Waals surface area contributed by atoms with Crippen LogP contribution in [0.1, 0.15) is 51.0 Å². The van der Waals surface area contributed by atoms with Crippen LogP contribution < -0.4 is 10.2 Å². The molecule has 0 unspecified atom stereocenters. The Morgan fingerprint density at radius 2 is 1.90 bits per heavy atom. The molecule has 1 saturated carbocycles. The van der Waals surface area contributed by atoms with Crippen molar-refractivity contribution >= 4 is 29.3 Å². The zero-order chi connectivity index (χ0) is 29.1. The van der Waals surface area contributed by atoms with Crippen molar-refractivity contribution in [2.24, 2.45) is 7.05 Å². The fraction of sp³-hybridized carbons (Fsp3) is 0.423. The molecule has 4 aromatic rings. The Morgan fingerprint density at radius 1 is 1.12 bits per heavy atom. The van der Waals surface area contributed by atoms with Gasteiger partial charge in [0.2, 0.25) is 11.9 Å². The van der Waals surface area contributed by atoms with E-state index < -0.39 is 17.4 Å². The third kappa shape index (κ3) is 6.32. The van der Waals surface area contributed by atoms with Gasteiger partial charge in [-0.1, -0.05) is 18.5 Å². The number of alkyl halides is 3. The topological polar surface area (TPSA) is 130 Å². The smallest absolute Gasteiger partial charge is 0.351 e. The van der Waals surface area contributed by atoms with Gasteiger partial charge < -0.3 is 5.32 Å². The first-order chi connectivity index (χ1) is 19.6. The maximum absolute atomic E-state index is 13.6. The van der Waals surface area contributed by atoms with Gasteiger partial charge in [-0.3, -0.25) is 24.5 Å². The molecule has 15 heteroatoms. The first kappa shape index (κ1) is 28.5. The van der Waals surface area contributed by atoms with E-state index in [0.29, 0.717) is 50.0 Å². The Morgan fingerprint density at radius 3 is 2.49 bits per heavy atom. The van der Waals surface area contributed by atoms with Crippen molar-refractivity contribution in [3.63, 3.8) is 0 Å². The molecule has 216 valence electrons. The van der Waals surface area contributed by atoms with Crippen LogP contribution in [-0.4, -0.2) is 57.9 Å². The number of aromatic amines is 1. The SMILES string of the molecule is CCCC(=O)N(c1cnc(-c2cnn(C)c2)cn1)[C@H]1CC[C@H](Nc2ncc(C(F)(F)F)c(-c3n[nH]cc3Cl)n2)CC1. The molecule has 0 bridgehead atoms. The second-order valence-electron chi connectivity index (χ2n) is 9.86. The van der Waals surface area contributed by atoms with E-state index in [9.17, 15) is 18.0 Å². The predicted octanol–water partition coefficient (Wildman–Crippen LogP) is 5.29. The summed E-state index contributed by atoms with van der Waals surface area (Å²) in [7, 11) is 1.82. The summed E-state index contributed by atoms with van der Waals surface area (Å²) in [6.07, 6.45) is 7.79. The number of nitrogens with zero attached hydrogens (tertiary/aromatic N) is 8. The molecule has 0 aliphatic heterocycles. The summed E-state index contributed by atoms with van der Waals surface area (Å²) in [6.45, 7) is 1.95. The van der Waals surface area contributed by atoms with Gasteiger partial charge >= 0.3 is 6.18 Å². The van der Waals surface area contributed by atoms with Crippen molar-refractivity contribution in [1.29, 1.82) is 0 Å². The maximum Gasteiger partial charge on any atom is 0.420 e. The summed E-state index contributed by atoms with van der Waals surface area (Å²) < 4.78 is 42.5. The quantitative estimate of drug-likeness (QED) is 0.284. The summed E-state index contributed by atoms with van der Waals surface area (Å²) in [5.74, 6) is 0.504. The number of halogens is 4. The minimum atomic E-state index is -4.68. The Kier molecular flexibility index (Phi) is 8.20. The molecule has 1 fully saturated rings. The number of nitrogens with one attached hydrogen (secondary N) is 2. The lowest BCUT2D eigenvalue weighted by Gasteiger charge is -2.36. The summed E-state index contributed by atoms with van der Waals surface area (Å²) in [5.41, 5.74) is -0.0487. The van der Waals surface area contributed by atoms with Gasteiger partial charge in [-0.25, -0.2) is 15.0 Å². The molecule has 1 aliphatic carbocycles. The molecule has 2 N–H and O–H groups in total. The van der Waals surface area contributed by atoms with Crippen LogP contribution in [0.15, 0.2) is 37.2 Å². The molecule has 0 spiro atoms. The van der Waals surface area contributed by atoms with Crippen molar-refractivity contribution in [2.75, 3.05) is 10.2 Å². The number of anilines is 2. The van der Waals surface area contributed by atoms with E-state index in [1.807, 2.05) is 20.2 Å². The molecule has 4 heterocycles. The van der Waals surface area contributed by atoms with E-state index in [4.69, 9.17) is 11.6 Å². The number of hydrogen-bond donors (Lipinski definition) is 2. The van der Waals surface area contributed by atoms with Crippen LogP contribution in [0.3, 0.4) is 0 Å². The van der Waals surface area contributed by atoms with E-state index in [1.54, 1.807) is 28.2 Å². The molecule has 0 atom stereocenters. The number of aromatic nitrogens is 8.